The molecule has 0 aliphatic carbocycles. The van der Waals surface area contributed by atoms with E-state index in [2.05, 4.69) is 20.8 Å². The van der Waals surface area contributed by atoms with Crippen LogP contribution in [0.25, 0.3) is 0 Å². The summed E-state index contributed by atoms with van der Waals surface area (Å²) in [6.45, 7) is 8.43. The van der Waals surface area contributed by atoms with Crippen molar-refractivity contribution in [3.05, 3.63) is 35.4 Å². The van der Waals surface area contributed by atoms with E-state index in [-0.39, 0.29) is 17.2 Å². The molecule has 1 aliphatic heterocycles. The lowest BCUT2D eigenvalue weighted by Gasteiger charge is -2.18. The highest BCUT2D eigenvalue weighted by Gasteiger charge is 2.34. The first-order valence-electron chi connectivity index (χ1n) is 7.93. The largest absolute Gasteiger partial charge is 0.381 e. The van der Waals surface area contributed by atoms with Gasteiger partial charge in [0.25, 0.3) is 11.8 Å². The van der Waals surface area contributed by atoms with Crippen molar-refractivity contribution in [1.82, 2.24) is 4.90 Å². The van der Waals surface area contributed by atoms with Crippen LogP contribution < -0.4 is 0 Å². The first-order valence-corrected chi connectivity index (χ1v) is 7.93. The minimum atomic E-state index is -0.162. The Morgan fingerprint density at radius 3 is 2.09 bits per heavy atom. The summed E-state index contributed by atoms with van der Waals surface area (Å²) >= 11 is 0. The number of hydrogen-bond acceptors (Lipinski definition) is 3. The highest BCUT2D eigenvalue weighted by atomic mass is 16.5. The zero-order valence-corrected chi connectivity index (χ0v) is 13.7. The van der Waals surface area contributed by atoms with Crippen molar-refractivity contribution in [2.45, 2.75) is 40.0 Å². The lowest BCUT2D eigenvalue weighted by Crippen LogP contribution is -2.30. The van der Waals surface area contributed by atoms with Crippen molar-refractivity contribution in [2.24, 2.45) is 5.41 Å². The van der Waals surface area contributed by atoms with E-state index < -0.39 is 0 Å². The van der Waals surface area contributed by atoms with Crippen LogP contribution >= 0.6 is 0 Å². The lowest BCUT2D eigenvalue weighted by atomic mass is 9.99. The van der Waals surface area contributed by atoms with E-state index in [0.717, 1.165) is 32.5 Å². The van der Waals surface area contributed by atoms with Gasteiger partial charge in [0.1, 0.15) is 0 Å². The van der Waals surface area contributed by atoms with Crippen LogP contribution in [0.5, 0.6) is 0 Å². The fourth-order valence-corrected chi connectivity index (χ4v) is 2.47. The number of imide groups is 1. The van der Waals surface area contributed by atoms with Gasteiger partial charge >= 0.3 is 0 Å². The van der Waals surface area contributed by atoms with E-state index in [1.165, 1.54) is 4.90 Å². The van der Waals surface area contributed by atoms with Crippen LogP contribution in [0, 0.1) is 5.41 Å². The van der Waals surface area contributed by atoms with Crippen LogP contribution in [0.1, 0.15) is 60.7 Å². The summed E-state index contributed by atoms with van der Waals surface area (Å²) in [6, 6.07) is 7.02. The minimum absolute atomic E-state index is 0.162. The predicted molar refractivity (Wildman–Crippen MR) is 85.9 cm³/mol. The van der Waals surface area contributed by atoms with Crippen molar-refractivity contribution in [3.63, 3.8) is 0 Å². The number of amides is 2. The van der Waals surface area contributed by atoms with Crippen LogP contribution in [0.2, 0.25) is 0 Å². The Balaban J connectivity index is 1.69. The van der Waals surface area contributed by atoms with Gasteiger partial charge in [0.05, 0.1) is 17.7 Å². The number of nitrogens with zero attached hydrogens (tertiary/aromatic N) is 1. The van der Waals surface area contributed by atoms with Crippen LogP contribution in [0.3, 0.4) is 0 Å². The number of benzene rings is 1. The smallest absolute Gasteiger partial charge is 0.261 e. The molecule has 2 amide bonds. The van der Waals surface area contributed by atoms with E-state index in [9.17, 15) is 9.59 Å². The van der Waals surface area contributed by atoms with E-state index >= 15 is 0 Å². The summed E-state index contributed by atoms with van der Waals surface area (Å²) in [6.07, 6.45) is 2.74. The van der Waals surface area contributed by atoms with Gasteiger partial charge in [-0.3, -0.25) is 14.5 Å². The summed E-state index contributed by atoms with van der Waals surface area (Å²) in [4.78, 5) is 25.7. The van der Waals surface area contributed by atoms with E-state index in [1.54, 1.807) is 24.3 Å². The van der Waals surface area contributed by atoms with Gasteiger partial charge in [-0.1, -0.05) is 32.9 Å². The van der Waals surface area contributed by atoms with E-state index in [1.807, 2.05) is 0 Å². The van der Waals surface area contributed by atoms with Gasteiger partial charge < -0.3 is 4.74 Å². The Kier molecular flexibility index (Phi) is 5.35. The number of carbonyl (C=O) groups excluding carboxylic acids is 2. The Labute approximate surface area is 132 Å². The van der Waals surface area contributed by atoms with Gasteiger partial charge in [0, 0.05) is 13.2 Å². The summed E-state index contributed by atoms with van der Waals surface area (Å²) in [5.74, 6) is -0.325. The highest BCUT2D eigenvalue weighted by molar-refractivity contribution is 6.21. The topological polar surface area (TPSA) is 46.6 Å². The molecule has 1 aromatic carbocycles. The molecule has 1 aromatic rings. The maximum absolute atomic E-state index is 12.2. The monoisotopic (exact) mass is 303 g/mol. The van der Waals surface area contributed by atoms with Crippen molar-refractivity contribution in [1.29, 1.82) is 0 Å². The van der Waals surface area contributed by atoms with Crippen molar-refractivity contribution < 1.29 is 14.3 Å². The maximum atomic E-state index is 12.2. The fourth-order valence-electron chi connectivity index (χ4n) is 2.47. The fraction of sp³-hybridized carbons (Fsp3) is 0.556. The average molecular weight is 303 g/mol. The number of rotatable bonds is 7. The molecule has 2 rings (SSSR count). The van der Waals surface area contributed by atoms with E-state index in [4.69, 9.17) is 4.74 Å². The van der Waals surface area contributed by atoms with Crippen molar-refractivity contribution >= 4 is 11.8 Å². The molecule has 0 unspecified atom stereocenters. The van der Waals surface area contributed by atoms with Gasteiger partial charge in [-0.15, -0.1) is 0 Å². The minimum Gasteiger partial charge on any atom is -0.381 e. The van der Waals surface area contributed by atoms with Crippen LogP contribution in [0.15, 0.2) is 24.3 Å². The summed E-state index contributed by atoms with van der Waals surface area (Å²) < 4.78 is 5.62. The molecule has 0 aromatic heterocycles. The van der Waals surface area contributed by atoms with Gasteiger partial charge in [-0.25, -0.2) is 0 Å². The van der Waals surface area contributed by atoms with Crippen molar-refractivity contribution in [3.8, 4) is 0 Å². The zero-order chi connectivity index (χ0) is 16.2. The third-order valence-corrected chi connectivity index (χ3v) is 3.58. The molecule has 4 nitrogen and oxygen atoms in total. The molecule has 0 bridgehead atoms. The van der Waals surface area contributed by atoms with Crippen molar-refractivity contribution in [2.75, 3.05) is 19.8 Å². The molecular formula is C18H25NO3. The standard InChI is InChI=1S/C18H25NO3/c1-18(2,3)13-22-12-8-4-7-11-19-16(20)14-9-5-6-10-15(14)17(19)21/h5-6,9-10H,4,7-8,11-13H2,1-3H3. The first-order chi connectivity index (χ1) is 10.4. The van der Waals surface area contributed by atoms with Crippen LogP contribution in [0.4, 0.5) is 0 Å². The Hall–Kier alpha value is -1.68. The molecule has 0 atom stereocenters. The molecule has 0 radical (unpaired) electrons. The molecule has 1 heterocycles. The molecule has 4 heteroatoms. The van der Waals surface area contributed by atoms with Gasteiger partial charge in [-0.05, 0) is 36.8 Å². The Bertz CT molecular complexity index is 511. The maximum Gasteiger partial charge on any atom is 0.261 e. The zero-order valence-electron chi connectivity index (χ0n) is 13.7. The second-order valence-electron chi connectivity index (χ2n) is 6.98. The number of ether oxygens (including phenoxy) is 1. The lowest BCUT2D eigenvalue weighted by molar-refractivity contribution is 0.0630. The second kappa shape index (κ2) is 7.05. The highest BCUT2D eigenvalue weighted by Crippen LogP contribution is 2.22. The van der Waals surface area contributed by atoms with Gasteiger partial charge in [0.2, 0.25) is 0 Å². The molecule has 0 saturated heterocycles. The van der Waals surface area contributed by atoms with Crippen LogP contribution in [-0.4, -0.2) is 36.5 Å². The molecule has 1 aliphatic rings. The summed E-state index contributed by atoms with van der Waals surface area (Å²) in [5.41, 5.74) is 1.25. The van der Waals surface area contributed by atoms with Gasteiger partial charge in [-0.2, -0.15) is 0 Å². The predicted octanol–water partition coefficient (Wildman–Crippen LogP) is 3.52. The number of fused-ring (bicyclic) bond motifs is 1. The Morgan fingerprint density at radius 1 is 0.955 bits per heavy atom. The molecule has 22 heavy (non-hydrogen) atoms. The number of hydrogen-bond donors (Lipinski definition) is 0. The van der Waals surface area contributed by atoms with Gasteiger partial charge in [0.15, 0.2) is 0 Å². The van der Waals surface area contributed by atoms with E-state index in [0.29, 0.717) is 17.7 Å². The normalized spacial score (nSPS) is 14.6. The molecular weight excluding hydrogens is 278 g/mol. The number of unbranched alkanes of at least 4 members (excludes halogenated alkanes) is 2. The second-order valence-corrected chi connectivity index (χ2v) is 6.98. The van der Waals surface area contributed by atoms with Crippen LogP contribution in [-0.2, 0) is 4.74 Å². The third kappa shape index (κ3) is 4.17. The first kappa shape index (κ1) is 16.7. The third-order valence-electron chi connectivity index (χ3n) is 3.58. The summed E-state index contributed by atoms with van der Waals surface area (Å²) in [7, 11) is 0. The molecule has 0 fully saturated rings. The average Bonchev–Trinajstić information content (AvgIpc) is 2.70. The molecule has 0 spiro atoms. The molecule has 0 saturated carbocycles. The Morgan fingerprint density at radius 2 is 1.55 bits per heavy atom. The molecule has 120 valence electrons. The summed E-state index contributed by atoms with van der Waals surface area (Å²) in [5, 5.41) is 0. The number of carbonyl (C=O) groups is 2. The quantitative estimate of drug-likeness (QED) is 0.572. The molecule has 0 N–H and O–H groups in total. The SMILES string of the molecule is CC(C)(C)COCCCCCN1C(=O)c2ccccc2C1=O.